The fraction of sp³-hybridized carbons (Fsp3) is 0.118. The van der Waals surface area contributed by atoms with Crippen LogP contribution in [0.1, 0.15) is 6.92 Å². The first kappa shape index (κ1) is 17.6. The molecule has 128 valence electrons. The Morgan fingerprint density at radius 3 is 2.80 bits per heavy atom. The number of carbonyl (C=O) groups is 1. The van der Waals surface area contributed by atoms with Gasteiger partial charge >= 0.3 is 6.09 Å². The first-order valence-corrected chi connectivity index (χ1v) is 8.51. The first-order valence-electron chi connectivity index (χ1n) is 7.34. The molecule has 0 fully saturated rings. The number of pyridine rings is 1. The van der Waals surface area contributed by atoms with Gasteiger partial charge in [-0.3, -0.25) is 0 Å². The summed E-state index contributed by atoms with van der Waals surface area (Å²) in [5, 5.41) is 0.150. The third-order valence-corrected chi connectivity index (χ3v) is 4.16. The van der Waals surface area contributed by atoms with Gasteiger partial charge in [0.2, 0.25) is 0 Å². The standard InChI is InChI=1S/C17H12BrClFN3O2/c1-2-25-17(24)23-9-13(10-6-7-14(18)21-8-10)22-16(23)15-11(19)4-3-5-12(15)20/h3-9H,2H2,1H3. The van der Waals surface area contributed by atoms with Crippen LogP contribution in [0.2, 0.25) is 5.02 Å². The Morgan fingerprint density at radius 2 is 2.16 bits per heavy atom. The molecular weight excluding hydrogens is 413 g/mol. The second kappa shape index (κ2) is 7.33. The molecule has 8 heteroatoms. The number of carbonyl (C=O) groups excluding carboxylic acids is 1. The third kappa shape index (κ3) is 3.57. The Morgan fingerprint density at radius 1 is 1.36 bits per heavy atom. The number of hydrogen-bond acceptors (Lipinski definition) is 4. The van der Waals surface area contributed by atoms with E-state index in [1.807, 2.05) is 0 Å². The van der Waals surface area contributed by atoms with E-state index in [2.05, 4.69) is 25.9 Å². The van der Waals surface area contributed by atoms with E-state index in [-0.39, 0.29) is 23.0 Å². The molecule has 0 bridgehead atoms. The highest BCUT2D eigenvalue weighted by molar-refractivity contribution is 9.10. The van der Waals surface area contributed by atoms with Crippen LogP contribution < -0.4 is 0 Å². The number of rotatable bonds is 3. The molecule has 0 atom stereocenters. The summed E-state index contributed by atoms with van der Waals surface area (Å²) in [5.41, 5.74) is 1.15. The number of aromatic nitrogens is 3. The molecule has 0 saturated carbocycles. The average molecular weight is 425 g/mol. The molecular formula is C17H12BrClFN3O2. The van der Waals surface area contributed by atoms with Crippen molar-refractivity contribution in [1.29, 1.82) is 0 Å². The van der Waals surface area contributed by atoms with Crippen LogP contribution >= 0.6 is 27.5 Å². The first-order chi connectivity index (χ1) is 12.0. The van der Waals surface area contributed by atoms with Crippen LogP contribution in [0.3, 0.4) is 0 Å². The van der Waals surface area contributed by atoms with Gasteiger partial charge in [-0.1, -0.05) is 17.7 Å². The van der Waals surface area contributed by atoms with Crippen molar-refractivity contribution in [3.8, 4) is 22.6 Å². The molecule has 5 nitrogen and oxygen atoms in total. The van der Waals surface area contributed by atoms with Crippen LogP contribution in [0.25, 0.3) is 22.6 Å². The molecule has 2 aromatic heterocycles. The number of halogens is 3. The zero-order chi connectivity index (χ0) is 18.0. The predicted octanol–water partition coefficient (Wildman–Crippen LogP) is 5.17. The largest absolute Gasteiger partial charge is 0.449 e. The predicted molar refractivity (Wildman–Crippen MR) is 96.0 cm³/mol. The average Bonchev–Trinajstić information content (AvgIpc) is 3.00. The van der Waals surface area contributed by atoms with Gasteiger partial charge in [-0.15, -0.1) is 0 Å². The molecule has 0 N–H and O–H groups in total. The van der Waals surface area contributed by atoms with E-state index < -0.39 is 11.9 Å². The van der Waals surface area contributed by atoms with E-state index in [0.717, 1.165) is 4.57 Å². The quantitative estimate of drug-likeness (QED) is 0.544. The van der Waals surface area contributed by atoms with Crippen molar-refractivity contribution in [2.24, 2.45) is 0 Å². The monoisotopic (exact) mass is 423 g/mol. The smallest absolute Gasteiger partial charge is 0.419 e. The van der Waals surface area contributed by atoms with E-state index in [0.29, 0.717) is 15.9 Å². The lowest BCUT2D eigenvalue weighted by Gasteiger charge is -2.08. The van der Waals surface area contributed by atoms with Gasteiger partial charge in [0.15, 0.2) is 5.82 Å². The summed E-state index contributed by atoms with van der Waals surface area (Å²) >= 11 is 9.39. The van der Waals surface area contributed by atoms with Gasteiger partial charge in [-0.05, 0) is 47.1 Å². The van der Waals surface area contributed by atoms with Gasteiger partial charge in [0.05, 0.1) is 22.9 Å². The summed E-state index contributed by atoms with van der Waals surface area (Å²) in [6.07, 6.45) is 2.40. The molecule has 3 rings (SSSR count). The lowest BCUT2D eigenvalue weighted by atomic mass is 10.2. The molecule has 2 heterocycles. The van der Waals surface area contributed by atoms with Crippen LogP contribution in [0, 0.1) is 5.82 Å². The van der Waals surface area contributed by atoms with Crippen molar-refractivity contribution in [2.75, 3.05) is 6.61 Å². The van der Waals surface area contributed by atoms with Crippen LogP contribution in [0.15, 0.2) is 47.3 Å². The molecule has 1 aromatic carbocycles. The van der Waals surface area contributed by atoms with E-state index in [9.17, 15) is 9.18 Å². The maximum Gasteiger partial charge on any atom is 0.419 e. The third-order valence-electron chi connectivity index (χ3n) is 3.38. The second-order valence-corrected chi connectivity index (χ2v) is 6.20. The van der Waals surface area contributed by atoms with Crippen molar-refractivity contribution in [3.05, 3.63) is 58.2 Å². The zero-order valence-corrected chi connectivity index (χ0v) is 15.4. The minimum absolute atomic E-state index is 0.0357. The molecule has 3 aromatic rings. The summed E-state index contributed by atoms with van der Waals surface area (Å²) in [5.74, 6) is -0.511. The number of benzene rings is 1. The van der Waals surface area contributed by atoms with Gasteiger partial charge < -0.3 is 4.74 Å². The Kier molecular flexibility index (Phi) is 5.15. The normalized spacial score (nSPS) is 10.7. The van der Waals surface area contributed by atoms with Gasteiger partial charge in [-0.25, -0.2) is 23.7 Å². The SMILES string of the molecule is CCOC(=O)n1cc(-c2ccc(Br)nc2)nc1-c1c(F)cccc1Cl. The number of ether oxygens (including phenoxy) is 1. The van der Waals surface area contributed by atoms with Crippen LogP contribution in [-0.4, -0.2) is 27.2 Å². The summed E-state index contributed by atoms with van der Waals surface area (Å²) in [6, 6.07) is 7.80. The highest BCUT2D eigenvalue weighted by Crippen LogP contribution is 2.32. The second-order valence-electron chi connectivity index (χ2n) is 4.98. The molecule has 25 heavy (non-hydrogen) atoms. The van der Waals surface area contributed by atoms with Crippen LogP contribution in [0.4, 0.5) is 9.18 Å². The van der Waals surface area contributed by atoms with Gasteiger partial charge in [0.25, 0.3) is 0 Å². The Labute approximate surface area is 156 Å². The van der Waals surface area contributed by atoms with E-state index in [1.165, 1.54) is 24.4 Å². The van der Waals surface area contributed by atoms with E-state index in [4.69, 9.17) is 16.3 Å². The van der Waals surface area contributed by atoms with E-state index in [1.54, 1.807) is 25.3 Å². The molecule has 0 unspecified atom stereocenters. The summed E-state index contributed by atoms with van der Waals surface area (Å²) in [7, 11) is 0. The molecule has 0 spiro atoms. The molecule has 0 aliphatic heterocycles. The Bertz CT molecular complexity index is 908. The topological polar surface area (TPSA) is 57.0 Å². The van der Waals surface area contributed by atoms with Gasteiger partial charge in [0.1, 0.15) is 10.4 Å². The van der Waals surface area contributed by atoms with Crippen molar-refractivity contribution in [1.82, 2.24) is 14.5 Å². The molecule has 0 radical (unpaired) electrons. The lowest BCUT2D eigenvalue weighted by Crippen LogP contribution is -2.14. The van der Waals surface area contributed by atoms with Crippen molar-refractivity contribution >= 4 is 33.6 Å². The summed E-state index contributed by atoms with van der Waals surface area (Å²) < 4.78 is 21.2. The fourth-order valence-corrected chi connectivity index (χ4v) is 2.75. The van der Waals surface area contributed by atoms with Crippen molar-refractivity contribution in [3.63, 3.8) is 0 Å². The lowest BCUT2D eigenvalue weighted by molar-refractivity contribution is 0.154. The van der Waals surface area contributed by atoms with Gasteiger partial charge in [-0.2, -0.15) is 0 Å². The molecule has 0 aliphatic rings. The zero-order valence-electron chi connectivity index (χ0n) is 13.0. The molecule has 0 amide bonds. The maximum atomic E-state index is 14.3. The highest BCUT2D eigenvalue weighted by atomic mass is 79.9. The maximum absolute atomic E-state index is 14.3. The number of hydrogen-bond donors (Lipinski definition) is 0. The number of imidazole rings is 1. The Hall–Kier alpha value is -2.25. The minimum atomic E-state index is -0.666. The summed E-state index contributed by atoms with van der Waals surface area (Å²) in [6.45, 7) is 1.86. The minimum Gasteiger partial charge on any atom is -0.449 e. The summed E-state index contributed by atoms with van der Waals surface area (Å²) in [4.78, 5) is 20.8. The molecule has 0 aliphatic carbocycles. The number of nitrogens with zero attached hydrogens (tertiary/aromatic N) is 3. The molecule has 0 saturated heterocycles. The highest BCUT2D eigenvalue weighted by Gasteiger charge is 2.22. The van der Waals surface area contributed by atoms with Crippen LogP contribution in [0.5, 0.6) is 0 Å². The fourth-order valence-electron chi connectivity index (χ4n) is 2.27. The van der Waals surface area contributed by atoms with Crippen molar-refractivity contribution < 1.29 is 13.9 Å². The van der Waals surface area contributed by atoms with E-state index >= 15 is 0 Å². The van der Waals surface area contributed by atoms with Crippen LogP contribution in [-0.2, 0) is 4.74 Å². The van der Waals surface area contributed by atoms with Gasteiger partial charge in [0, 0.05) is 18.0 Å². The Balaban J connectivity index is 2.19. The van der Waals surface area contributed by atoms with Crippen molar-refractivity contribution in [2.45, 2.75) is 6.92 Å².